The topological polar surface area (TPSA) is 172 Å². The highest BCUT2D eigenvalue weighted by molar-refractivity contribution is 7.10. The fourth-order valence-electron chi connectivity index (χ4n) is 3.21. The number of nitro groups is 1. The maximum Gasteiger partial charge on any atom is 0.416 e. The van der Waals surface area contributed by atoms with Crippen molar-refractivity contribution in [3.8, 4) is 11.5 Å². The lowest BCUT2D eigenvalue weighted by atomic mass is 10.1. The van der Waals surface area contributed by atoms with Crippen molar-refractivity contribution in [1.82, 2.24) is 9.59 Å². The Labute approximate surface area is 261 Å². The first-order valence-corrected chi connectivity index (χ1v) is 13.6. The lowest BCUT2D eigenvalue weighted by Gasteiger charge is -2.12. The molecule has 0 saturated carbocycles. The lowest BCUT2D eigenvalue weighted by molar-refractivity contribution is -0.385. The van der Waals surface area contributed by atoms with Gasteiger partial charge in [-0.05, 0) is 43.3 Å². The maximum absolute atomic E-state index is 12.7. The molecular weight excluding hydrogens is 647 g/mol. The molecule has 0 saturated heterocycles. The fraction of sp³-hybridized carbons (Fsp3) is 0.148. The summed E-state index contributed by atoms with van der Waals surface area (Å²) in [5.74, 6) is -2.36. The van der Waals surface area contributed by atoms with Crippen molar-refractivity contribution in [3.63, 3.8) is 0 Å². The van der Waals surface area contributed by atoms with E-state index in [4.69, 9.17) is 21.1 Å². The van der Waals surface area contributed by atoms with Crippen molar-refractivity contribution >= 4 is 57.5 Å². The molecule has 0 unspecified atom stereocenters. The van der Waals surface area contributed by atoms with Crippen molar-refractivity contribution in [1.29, 1.82) is 0 Å². The first kappa shape index (κ1) is 34.2. The molecule has 0 aliphatic carbocycles. The molecule has 45 heavy (non-hydrogen) atoms. The van der Waals surface area contributed by atoms with Crippen LogP contribution in [0.25, 0.3) is 0 Å². The number of hydrogen-bond donors (Lipinski definition) is 2. The second-order valence-electron chi connectivity index (χ2n) is 8.29. The van der Waals surface area contributed by atoms with E-state index in [-0.39, 0.29) is 29.2 Å². The van der Waals surface area contributed by atoms with Crippen LogP contribution < -0.4 is 15.4 Å². The number of benzene rings is 3. The Morgan fingerprint density at radius 2 is 1.76 bits per heavy atom. The van der Waals surface area contributed by atoms with Crippen LogP contribution in [0.1, 0.15) is 22.8 Å². The van der Waals surface area contributed by atoms with Gasteiger partial charge < -0.3 is 19.5 Å². The molecule has 236 valence electrons. The molecule has 2 N–H and O–H groups in total. The number of halogens is 4. The summed E-state index contributed by atoms with van der Waals surface area (Å²) in [4.78, 5) is 45.2. The van der Waals surface area contributed by atoms with Crippen LogP contribution >= 0.6 is 23.1 Å². The third-order valence-electron chi connectivity index (χ3n) is 5.13. The predicted molar refractivity (Wildman–Crippen MR) is 156 cm³/mol. The minimum Gasteiger partial charge on any atom is -0.463 e. The molecule has 13 nitrogen and oxygen atoms in total. The minimum atomic E-state index is -4.61. The summed E-state index contributed by atoms with van der Waals surface area (Å²) in [6.45, 7) is 0.825. The number of hydrogen-bond acceptors (Lipinski definition) is 11. The monoisotopic (exact) mass is 667 g/mol. The Kier molecular flexibility index (Phi) is 12.1. The van der Waals surface area contributed by atoms with E-state index in [0.29, 0.717) is 11.1 Å². The van der Waals surface area contributed by atoms with Gasteiger partial charge in [0.25, 0.3) is 5.69 Å². The highest BCUT2D eigenvalue weighted by Gasteiger charge is 2.31. The lowest BCUT2D eigenvalue weighted by Crippen LogP contribution is -2.18. The van der Waals surface area contributed by atoms with Crippen molar-refractivity contribution < 1.29 is 46.7 Å². The number of amides is 2. The van der Waals surface area contributed by atoms with E-state index in [9.17, 15) is 37.7 Å². The number of nitrogens with zero attached hydrogens (tertiary/aromatic N) is 3. The van der Waals surface area contributed by atoms with Crippen LogP contribution in [0.15, 0.2) is 72.9 Å². The van der Waals surface area contributed by atoms with E-state index in [0.717, 1.165) is 47.6 Å². The molecule has 0 fully saturated rings. The molecule has 0 bridgehead atoms. The number of anilines is 2. The number of alkyl halides is 3. The van der Waals surface area contributed by atoms with E-state index in [1.807, 2.05) is 30.3 Å². The largest absolute Gasteiger partial charge is 0.463 e. The van der Waals surface area contributed by atoms with Crippen LogP contribution in [-0.2, 0) is 20.4 Å². The molecule has 0 aliphatic heterocycles. The number of esters is 2. The zero-order valence-electron chi connectivity index (χ0n) is 22.9. The average molecular weight is 668 g/mol. The number of nitrogens with one attached hydrogen (secondary N) is 2. The smallest absolute Gasteiger partial charge is 0.416 e. The summed E-state index contributed by atoms with van der Waals surface area (Å²) in [6.07, 6.45) is -3.11. The Balaban J connectivity index is 0.000000305. The Morgan fingerprint density at radius 3 is 2.36 bits per heavy atom. The summed E-state index contributed by atoms with van der Waals surface area (Å²) in [6, 6.07) is 14.3. The van der Waals surface area contributed by atoms with Crippen molar-refractivity contribution in [2.75, 3.05) is 23.8 Å². The van der Waals surface area contributed by atoms with E-state index in [2.05, 4.69) is 25.0 Å². The SMILES string of the molecule is CCOC(=O)COC(=O)c1cc(Oc2ccc(C(F)(F)F)cc2Cl)ccc1[N+](=O)[O-].O=C(Nc1ccccc1)Nc1cnns1. The predicted octanol–water partition coefficient (Wildman–Crippen LogP) is 6.96. The van der Waals surface area contributed by atoms with Crippen LogP contribution in [0, 0.1) is 10.1 Å². The normalized spacial score (nSPS) is 10.5. The van der Waals surface area contributed by atoms with Gasteiger partial charge in [0.15, 0.2) is 6.61 Å². The van der Waals surface area contributed by atoms with Gasteiger partial charge in [0, 0.05) is 29.4 Å². The Morgan fingerprint density at radius 1 is 1.02 bits per heavy atom. The Bertz CT molecular complexity index is 1640. The molecule has 4 rings (SSSR count). The van der Waals surface area contributed by atoms with Crippen LogP contribution in [0.2, 0.25) is 5.02 Å². The van der Waals surface area contributed by atoms with Gasteiger partial charge in [-0.3, -0.25) is 15.4 Å². The van der Waals surface area contributed by atoms with Gasteiger partial charge in [-0.15, -0.1) is 5.10 Å². The molecule has 1 aromatic heterocycles. The first-order valence-electron chi connectivity index (χ1n) is 12.4. The molecule has 0 radical (unpaired) electrons. The molecule has 3 aromatic carbocycles. The second kappa shape index (κ2) is 16.0. The van der Waals surface area contributed by atoms with Gasteiger partial charge >= 0.3 is 24.1 Å². The second-order valence-corrected chi connectivity index (χ2v) is 9.48. The summed E-state index contributed by atoms with van der Waals surface area (Å²) >= 11 is 6.94. The summed E-state index contributed by atoms with van der Waals surface area (Å²) in [5, 5.41) is 20.3. The molecular formula is C27H21ClF3N5O8S. The van der Waals surface area contributed by atoms with E-state index in [1.165, 1.54) is 13.1 Å². The quantitative estimate of drug-likeness (QED) is 0.108. The van der Waals surface area contributed by atoms with Crippen molar-refractivity contribution in [2.24, 2.45) is 0 Å². The number of para-hydroxylation sites is 1. The number of carbonyl (C=O) groups is 3. The molecule has 18 heteroatoms. The van der Waals surface area contributed by atoms with Crippen molar-refractivity contribution in [2.45, 2.75) is 13.1 Å². The highest BCUT2D eigenvalue weighted by atomic mass is 35.5. The van der Waals surface area contributed by atoms with Gasteiger partial charge in [-0.25, -0.2) is 14.4 Å². The number of nitro benzene ring substituents is 1. The number of ether oxygens (including phenoxy) is 3. The zero-order chi connectivity index (χ0) is 33.0. The minimum absolute atomic E-state index is 0.0493. The first-order chi connectivity index (χ1) is 21.4. The zero-order valence-corrected chi connectivity index (χ0v) is 24.4. The van der Waals surface area contributed by atoms with Gasteiger partial charge in [-0.2, -0.15) is 13.2 Å². The molecule has 2 amide bonds. The highest BCUT2D eigenvalue weighted by Crippen LogP contribution is 2.37. The third kappa shape index (κ3) is 10.7. The summed E-state index contributed by atoms with van der Waals surface area (Å²) in [5.41, 5.74) is -1.42. The fourth-order valence-corrected chi connectivity index (χ4v) is 3.85. The van der Waals surface area contributed by atoms with Gasteiger partial charge in [0.1, 0.15) is 22.1 Å². The van der Waals surface area contributed by atoms with Crippen LogP contribution in [-0.4, -0.2) is 45.7 Å². The molecule has 0 atom stereocenters. The molecule has 1 heterocycles. The molecule has 0 aliphatic rings. The van der Waals surface area contributed by atoms with Crippen LogP contribution in [0.4, 0.5) is 34.3 Å². The molecule has 4 aromatic rings. The number of urea groups is 1. The molecule has 0 spiro atoms. The van der Waals surface area contributed by atoms with E-state index < -0.39 is 46.5 Å². The van der Waals surface area contributed by atoms with Crippen molar-refractivity contribution in [3.05, 3.63) is 99.2 Å². The van der Waals surface area contributed by atoms with Gasteiger partial charge in [0.05, 0.1) is 28.3 Å². The third-order valence-corrected chi connectivity index (χ3v) is 6.00. The standard InChI is InChI=1S/C18H13ClF3NO7.C9H8N4OS/c1-2-28-16(24)9-29-17(25)12-8-11(4-5-14(12)23(26)27)30-15-6-3-10(7-13(15)19)18(20,21)22;14-9(12-8-6-10-13-15-8)11-7-4-2-1-3-5-7/h3-8H,2,9H2,1H3;1-6H,(H2,11,12,14). The summed E-state index contributed by atoms with van der Waals surface area (Å²) in [7, 11) is 0. The summed E-state index contributed by atoms with van der Waals surface area (Å²) < 4.78 is 56.4. The van der Waals surface area contributed by atoms with Gasteiger partial charge in [-0.1, -0.05) is 34.3 Å². The number of rotatable bonds is 9. The van der Waals surface area contributed by atoms with Crippen LogP contribution in [0.3, 0.4) is 0 Å². The van der Waals surface area contributed by atoms with E-state index in [1.54, 1.807) is 0 Å². The Hall–Kier alpha value is -5.29. The van der Waals surface area contributed by atoms with Crippen LogP contribution in [0.5, 0.6) is 11.5 Å². The van der Waals surface area contributed by atoms with Gasteiger partial charge in [0.2, 0.25) is 0 Å². The maximum atomic E-state index is 12.7. The average Bonchev–Trinajstić information content (AvgIpc) is 3.50. The van der Waals surface area contributed by atoms with E-state index >= 15 is 0 Å². The number of aromatic nitrogens is 2. The number of carbonyl (C=O) groups excluding carboxylic acids is 3.